The lowest BCUT2D eigenvalue weighted by Crippen LogP contribution is -2.11. The monoisotopic (exact) mass is 305 g/mol. The molecule has 0 amide bonds. The van der Waals surface area contributed by atoms with Crippen molar-refractivity contribution in [1.82, 2.24) is 0 Å². The second-order valence-electron chi connectivity index (χ2n) is 4.68. The molecule has 0 saturated heterocycles. The zero-order chi connectivity index (χ0) is 15.0. The Labute approximate surface area is 126 Å². The lowest BCUT2D eigenvalue weighted by molar-refractivity contribution is 0.386. The highest BCUT2D eigenvalue weighted by atomic mass is 35.5. The molecule has 5 heteroatoms. The van der Waals surface area contributed by atoms with Gasteiger partial charge in [0.05, 0.1) is 18.2 Å². The number of ether oxygens (including phenoxy) is 1. The van der Waals surface area contributed by atoms with Gasteiger partial charge in [0.15, 0.2) is 17.1 Å². The zero-order valence-electron chi connectivity index (χ0n) is 11.3. The van der Waals surface area contributed by atoms with Gasteiger partial charge in [0, 0.05) is 5.39 Å². The van der Waals surface area contributed by atoms with Gasteiger partial charge in [0.1, 0.15) is 5.76 Å². The summed E-state index contributed by atoms with van der Waals surface area (Å²) < 4.78 is 24.4. The van der Waals surface area contributed by atoms with E-state index in [1.54, 1.807) is 18.2 Å². The van der Waals surface area contributed by atoms with Gasteiger partial charge in [-0.1, -0.05) is 29.8 Å². The summed E-state index contributed by atoms with van der Waals surface area (Å²) in [5.41, 5.74) is 7.33. The van der Waals surface area contributed by atoms with Crippen LogP contribution in [0.3, 0.4) is 0 Å². The van der Waals surface area contributed by atoms with Crippen molar-refractivity contribution in [2.24, 2.45) is 5.73 Å². The first-order valence-corrected chi connectivity index (χ1v) is 6.75. The number of hydrogen-bond donors (Lipinski definition) is 1. The number of para-hydroxylation sites is 1. The first-order chi connectivity index (χ1) is 10.1. The molecule has 0 aliphatic heterocycles. The van der Waals surface area contributed by atoms with Crippen molar-refractivity contribution >= 4 is 22.6 Å². The molecule has 3 aromatic rings. The lowest BCUT2D eigenvalue weighted by atomic mass is 10.0. The molecule has 2 N–H and O–H groups in total. The third-order valence-corrected chi connectivity index (χ3v) is 3.65. The standard InChI is InChI=1S/C16H13ClFNO2/c1-20-13-6-5-9(7-12(13)18)15(19)14-8-10-3-2-4-11(17)16(10)21-14/h2-8,15H,19H2,1H3. The van der Waals surface area contributed by atoms with Crippen LogP contribution in [0, 0.1) is 5.82 Å². The molecule has 3 nitrogen and oxygen atoms in total. The van der Waals surface area contributed by atoms with Crippen LogP contribution in [0.2, 0.25) is 5.02 Å². The minimum absolute atomic E-state index is 0.179. The molecule has 1 aromatic heterocycles. The first kappa shape index (κ1) is 13.9. The molecule has 0 saturated carbocycles. The smallest absolute Gasteiger partial charge is 0.165 e. The Hall–Kier alpha value is -2.04. The summed E-state index contributed by atoms with van der Waals surface area (Å²) in [6.45, 7) is 0. The fraction of sp³-hybridized carbons (Fsp3) is 0.125. The van der Waals surface area contributed by atoms with Gasteiger partial charge >= 0.3 is 0 Å². The molecule has 3 rings (SSSR count). The van der Waals surface area contributed by atoms with Crippen LogP contribution in [0.15, 0.2) is 46.9 Å². The first-order valence-electron chi connectivity index (χ1n) is 6.37. The Kier molecular flexibility index (Phi) is 3.57. The summed E-state index contributed by atoms with van der Waals surface area (Å²) >= 11 is 6.07. The van der Waals surface area contributed by atoms with Crippen molar-refractivity contribution in [3.63, 3.8) is 0 Å². The van der Waals surface area contributed by atoms with Gasteiger partial charge in [-0.15, -0.1) is 0 Å². The van der Waals surface area contributed by atoms with Crippen molar-refractivity contribution in [3.8, 4) is 5.75 Å². The molecular weight excluding hydrogens is 293 g/mol. The van der Waals surface area contributed by atoms with E-state index in [4.69, 9.17) is 26.5 Å². The summed E-state index contributed by atoms with van der Waals surface area (Å²) in [6.07, 6.45) is 0. The SMILES string of the molecule is COc1ccc(C(N)c2cc3cccc(Cl)c3o2)cc1F. The Morgan fingerprint density at radius 1 is 1.24 bits per heavy atom. The number of rotatable bonds is 3. The van der Waals surface area contributed by atoms with Crippen molar-refractivity contribution in [1.29, 1.82) is 0 Å². The summed E-state index contributed by atoms with van der Waals surface area (Å²) in [7, 11) is 1.42. The molecule has 1 atom stereocenters. The van der Waals surface area contributed by atoms with Crippen LogP contribution in [0.1, 0.15) is 17.4 Å². The summed E-state index contributed by atoms with van der Waals surface area (Å²) in [5.74, 6) is 0.251. The molecule has 0 radical (unpaired) electrons. The van der Waals surface area contributed by atoms with Gasteiger partial charge in [-0.2, -0.15) is 0 Å². The minimum Gasteiger partial charge on any atom is -0.494 e. The zero-order valence-corrected chi connectivity index (χ0v) is 12.0. The molecule has 2 aromatic carbocycles. The van der Waals surface area contributed by atoms with E-state index in [9.17, 15) is 4.39 Å². The summed E-state index contributed by atoms with van der Waals surface area (Å²) in [4.78, 5) is 0. The van der Waals surface area contributed by atoms with Crippen molar-refractivity contribution in [3.05, 3.63) is 64.6 Å². The number of hydrogen-bond acceptors (Lipinski definition) is 3. The Morgan fingerprint density at radius 2 is 2.05 bits per heavy atom. The number of furan rings is 1. The van der Waals surface area contributed by atoms with E-state index in [1.807, 2.05) is 18.2 Å². The van der Waals surface area contributed by atoms with Crippen LogP contribution in [-0.4, -0.2) is 7.11 Å². The lowest BCUT2D eigenvalue weighted by Gasteiger charge is -2.10. The maximum Gasteiger partial charge on any atom is 0.165 e. The topological polar surface area (TPSA) is 48.4 Å². The van der Waals surface area contributed by atoms with E-state index in [0.717, 1.165) is 5.39 Å². The Morgan fingerprint density at radius 3 is 2.71 bits per heavy atom. The third-order valence-electron chi connectivity index (χ3n) is 3.36. The van der Waals surface area contributed by atoms with E-state index < -0.39 is 11.9 Å². The number of nitrogens with two attached hydrogens (primary N) is 1. The minimum atomic E-state index is -0.575. The molecule has 108 valence electrons. The largest absolute Gasteiger partial charge is 0.494 e. The van der Waals surface area contributed by atoms with Crippen LogP contribution in [0.25, 0.3) is 11.0 Å². The highest BCUT2D eigenvalue weighted by Crippen LogP contribution is 2.31. The summed E-state index contributed by atoms with van der Waals surface area (Å²) in [6, 6.07) is 11.3. The predicted octanol–water partition coefficient (Wildman–Crippen LogP) is 4.28. The molecule has 0 bridgehead atoms. The van der Waals surface area contributed by atoms with Crippen LogP contribution in [-0.2, 0) is 0 Å². The van der Waals surface area contributed by atoms with E-state index >= 15 is 0 Å². The molecule has 1 unspecified atom stereocenters. The summed E-state index contributed by atoms with van der Waals surface area (Å²) in [5, 5.41) is 1.38. The number of methoxy groups -OCH3 is 1. The average Bonchev–Trinajstić information content (AvgIpc) is 2.92. The van der Waals surface area contributed by atoms with Crippen molar-refractivity contribution in [2.75, 3.05) is 7.11 Å². The number of halogens is 2. The van der Waals surface area contributed by atoms with Gasteiger partial charge in [0.25, 0.3) is 0 Å². The molecule has 0 spiro atoms. The van der Waals surface area contributed by atoms with Crippen LogP contribution < -0.4 is 10.5 Å². The Balaban J connectivity index is 2.01. The van der Waals surface area contributed by atoms with E-state index in [2.05, 4.69) is 0 Å². The molecule has 1 heterocycles. The third kappa shape index (κ3) is 2.48. The normalized spacial score (nSPS) is 12.6. The second-order valence-corrected chi connectivity index (χ2v) is 5.09. The van der Waals surface area contributed by atoms with Crippen LogP contribution in [0.4, 0.5) is 4.39 Å². The number of benzene rings is 2. The highest BCUT2D eigenvalue weighted by Gasteiger charge is 2.17. The highest BCUT2D eigenvalue weighted by molar-refractivity contribution is 6.34. The Bertz CT molecular complexity index is 800. The molecular formula is C16H13ClFNO2. The molecule has 0 fully saturated rings. The van der Waals surface area contributed by atoms with Gasteiger partial charge in [-0.05, 0) is 29.8 Å². The number of fused-ring (bicyclic) bond motifs is 1. The average molecular weight is 306 g/mol. The maximum absolute atomic E-state index is 13.8. The van der Waals surface area contributed by atoms with E-state index in [0.29, 0.717) is 21.9 Å². The van der Waals surface area contributed by atoms with Gasteiger partial charge < -0.3 is 14.9 Å². The quantitative estimate of drug-likeness (QED) is 0.785. The molecule has 0 aliphatic carbocycles. The van der Waals surface area contributed by atoms with Gasteiger partial charge in [-0.3, -0.25) is 0 Å². The van der Waals surface area contributed by atoms with Crippen LogP contribution in [0.5, 0.6) is 5.75 Å². The van der Waals surface area contributed by atoms with Crippen molar-refractivity contribution < 1.29 is 13.5 Å². The van der Waals surface area contributed by atoms with E-state index in [1.165, 1.54) is 13.2 Å². The predicted molar refractivity (Wildman–Crippen MR) is 80.2 cm³/mol. The van der Waals surface area contributed by atoms with Gasteiger partial charge in [-0.25, -0.2) is 4.39 Å². The van der Waals surface area contributed by atoms with Crippen molar-refractivity contribution in [2.45, 2.75) is 6.04 Å². The van der Waals surface area contributed by atoms with Gasteiger partial charge in [0.2, 0.25) is 0 Å². The van der Waals surface area contributed by atoms with E-state index in [-0.39, 0.29) is 5.75 Å². The second kappa shape index (κ2) is 5.39. The fourth-order valence-electron chi connectivity index (χ4n) is 2.24. The molecule has 0 aliphatic rings. The van der Waals surface area contributed by atoms with Crippen LogP contribution >= 0.6 is 11.6 Å². The maximum atomic E-state index is 13.8. The molecule has 21 heavy (non-hydrogen) atoms. The fourth-order valence-corrected chi connectivity index (χ4v) is 2.46.